The van der Waals surface area contributed by atoms with E-state index in [1.165, 1.54) is 19.8 Å². The van der Waals surface area contributed by atoms with Crippen molar-refractivity contribution in [3.63, 3.8) is 0 Å². The van der Waals surface area contributed by atoms with E-state index in [-0.39, 0.29) is 0 Å². The van der Waals surface area contributed by atoms with Crippen molar-refractivity contribution in [1.29, 1.82) is 0 Å². The highest BCUT2D eigenvalue weighted by Gasteiger charge is 2.50. The maximum atomic E-state index is 12.6. The predicted octanol–water partition coefficient (Wildman–Crippen LogP) is 3.16. The summed E-state index contributed by atoms with van der Waals surface area (Å²) in [7, 11) is 0. The van der Waals surface area contributed by atoms with Gasteiger partial charge in [0.2, 0.25) is 5.91 Å². The summed E-state index contributed by atoms with van der Waals surface area (Å²) >= 11 is 1.06. The SMILES string of the molecule is CC1(CC(F)(F)F)SC(NC2CCCCCC2)NC1=O. The first-order chi connectivity index (χ1) is 9.28. The minimum atomic E-state index is -4.32. The van der Waals surface area contributed by atoms with Gasteiger partial charge in [-0.3, -0.25) is 10.1 Å². The standard InChI is InChI=1S/C13H21F3N2OS/c1-12(8-13(14,15)16)10(19)18-11(20-12)17-9-6-4-2-3-5-7-9/h9,11,17H,2-8H2,1H3,(H,18,19). The number of hydrogen-bond donors (Lipinski definition) is 2. The first kappa shape index (κ1) is 15.9. The van der Waals surface area contributed by atoms with Gasteiger partial charge in [-0.2, -0.15) is 13.2 Å². The highest BCUT2D eigenvalue weighted by atomic mass is 32.2. The molecule has 116 valence electrons. The van der Waals surface area contributed by atoms with Crippen LogP contribution < -0.4 is 10.6 Å². The van der Waals surface area contributed by atoms with Crippen LogP contribution in [0.3, 0.4) is 0 Å². The minimum absolute atomic E-state index is 0.295. The number of halogens is 3. The summed E-state index contributed by atoms with van der Waals surface area (Å²) in [5.41, 5.74) is -0.405. The van der Waals surface area contributed by atoms with Crippen LogP contribution in [0.1, 0.15) is 51.9 Å². The van der Waals surface area contributed by atoms with E-state index in [0.29, 0.717) is 6.04 Å². The van der Waals surface area contributed by atoms with Crippen molar-refractivity contribution in [2.24, 2.45) is 0 Å². The molecule has 2 fully saturated rings. The smallest absolute Gasteiger partial charge is 0.331 e. The zero-order valence-corrected chi connectivity index (χ0v) is 12.4. The average molecular weight is 310 g/mol. The van der Waals surface area contributed by atoms with Gasteiger partial charge in [0.1, 0.15) is 10.2 Å². The van der Waals surface area contributed by atoms with Gasteiger partial charge in [-0.15, -0.1) is 11.8 Å². The van der Waals surface area contributed by atoms with E-state index in [2.05, 4.69) is 10.6 Å². The first-order valence-corrected chi connectivity index (χ1v) is 7.98. The van der Waals surface area contributed by atoms with Crippen molar-refractivity contribution in [2.75, 3.05) is 0 Å². The fourth-order valence-corrected chi connectivity index (χ4v) is 4.21. The van der Waals surface area contributed by atoms with Crippen LogP contribution in [0.15, 0.2) is 0 Å². The van der Waals surface area contributed by atoms with Gasteiger partial charge < -0.3 is 5.32 Å². The molecule has 7 heteroatoms. The molecule has 0 aromatic carbocycles. The van der Waals surface area contributed by atoms with Gasteiger partial charge in [0.15, 0.2) is 0 Å². The van der Waals surface area contributed by atoms with Gasteiger partial charge in [0.25, 0.3) is 0 Å². The molecule has 0 aromatic rings. The van der Waals surface area contributed by atoms with Gasteiger partial charge >= 0.3 is 6.18 Å². The van der Waals surface area contributed by atoms with Crippen LogP contribution in [0.5, 0.6) is 0 Å². The number of nitrogens with one attached hydrogen (secondary N) is 2. The molecule has 0 aromatic heterocycles. The number of hydrogen-bond acceptors (Lipinski definition) is 3. The Morgan fingerprint density at radius 3 is 2.45 bits per heavy atom. The molecule has 2 atom stereocenters. The number of carbonyl (C=O) groups is 1. The lowest BCUT2D eigenvalue weighted by Gasteiger charge is -2.23. The van der Waals surface area contributed by atoms with Crippen LogP contribution in [0.4, 0.5) is 13.2 Å². The van der Waals surface area contributed by atoms with Crippen molar-refractivity contribution in [3.05, 3.63) is 0 Å². The van der Waals surface area contributed by atoms with E-state index >= 15 is 0 Å². The number of rotatable bonds is 3. The molecule has 3 nitrogen and oxygen atoms in total. The van der Waals surface area contributed by atoms with Gasteiger partial charge in [-0.25, -0.2) is 0 Å². The molecule has 2 N–H and O–H groups in total. The maximum Gasteiger partial charge on any atom is 0.390 e. The Labute approximate surface area is 121 Å². The van der Waals surface area contributed by atoms with Crippen molar-refractivity contribution in [2.45, 2.75) is 74.3 Å². The lowest BCUT2D eigenvalue weighted by molar-refractivity contribution is -0.148. The van der Waals surface area contributed by atoms with Gasteiger partial charge in [-0.1, -0.05) is 25.7 Å². The molecule has 0 spiro atoms. The zero-order valence-electron chi connectivity index (χ0n) is 11.6. The monoisotopic (exact) mass is 310 g/mol. The number of alkyl halides is 3. The fourth-order valence-electron chi connectivity index (χ4n) is 2.86. The van der Waals surface area contributed by atoms with Crippen LogP contribution >= 0.6 is 11.8 Å². The van der Waals surface area contributed by atoms with Crippen LogP contribution in [0.25, 0.3) is 0 Å². The van der Waals surface area contributed by atoms with E-state index in [9.17, 15) is 18.0 Å². The normalized spacial score (nSPS) is 33.0. The Hall–Kier alpha value is -0.430. The summed E-state index contributed by atoms with van der Waals surface area (Å²) in [6.07, 6.45) is 1.37. The first-order valence-electron chi connectivity index (χ1n) is 7.10. The number of carbonyl (C=O) groups excluding carboxylic acids is 1. The molecule has 1 heterocycles. The topological polar surface area (TPSA) is 41.1 Å². The summed E-state index contributed by atoms with van der Waals surface area (Å²) in [5, 5.41) is 5.94. The van der Waals surface area contributed by atoms with Crippen LogP contribution in [-0.4, -0.2) is 28.4 Å². The van der Waals surface area contributed by atoms with Gasteiger partial charge in [0, 0.05) is 6.04 Å². The molecule has 0 radical (unpaired) electrons. The molecule has 1 aliphatic carbocycles. The summed E-state index contributed by atoms with van der Waals surface area (Å²) in [4.78, 5) is 11.8. The average Bonchev–Trinajstić information content (AvgIpc) is 2.51. The molecule has 1 saturated heterocycles. The Kier molecular flexibility index (Phi) is 4.89. The minimum Gasteiger partial charge on any atom is -0.331 e. The largest absolute Gasteiger partial charge is 0.390 e. The molecular formula is C13H21F3N2OS. The summed E-state index contributed by atoms with van der Waals surface area (Å²) in [6.45, 7) is 1.37. The third-order valence-electron chi connectivity index (χ3n) is 3.90. The second kappa shape index (κ2) is 6.13. The Morgan fingerprint density at radius 1 is 1.30 bits per heavy atom. The molecule has 20 heavy (non-hydrogen) atoms. The van der Waals surface area contributed by atoms with E-state index in [4.69, 9.17) is 0 Å². The maximum absolute atomic E-state index is 12.6. The van der Waals surface area contributed by atoms with Crippen molar-refractivity contribution in [1.82, 2.24) is 10.6 Å². The molecule has 1 saturated carbocycles. The number of amides is 1. The lowest BCUT2D eigenvalue weighted by Crippen LogP contribution is -2.44. The Morgan fingerprint density at radius 2 is 1.90 bits per heavy atom. The van der Waals surface area contributed by atoms with Crippen molar-refractivity contribution in [3.8, 4) is 0 Å². The predicted molar refractivity (Wildman–Crippen MR) is 73.2 cm³/mol. The summed E-state index contributed by atoms with van der Waals surface area (Å²) in [5.74, 6) is -0.522. The van der Waals surface area contributed by atoms with E-state index < -0.39 is 28.7 Å². The Balaban J connectivity index is 1.91. The van der Waals surface area contributed by atoms with Crippen LogP contribution in [-0.2, 0) is 4.79 Å². The molecule has 1 aliphatic heterocycles. The molecule has 1 amide bonds. The third kappa shape index (κ3) is 4.28. The van der Waals surface area contributed by atoms with E-state index in [1.54, 1.807) is 0 Å². The highest BCUT2D eigenvalue weighted by molar-refractivity contribution is 8.02. The van der Waals surface area contributed by atoms with Gasteiger partial charge in [-0.05, 0) is 19.8 Å². The summed E-state index contributed by atoms with van der Waals surface area (Å²) in [6, 6.07) is 0.295. The molecule has 0 bridgehead atoms. The molecule has 2 aliphatic rings. The van der Waals surface area contributed by atoms with Crippen molar-refractivity contribution >= 4 is 17.7 Å². The fraction of sp³-hybridized carbons (Fsp3) is 0.923. The lowest BCUT2D eigenvalue weighted by atomic mass is 10.1. The van der Waals surface area contributed by atoms with Gasteiger partial charge in [0.05, 0.1) is 6.42 Å². The zero-order chi connectivity index (χ0) is 14.8. The van der Waals surface area contributed by atoms with Crippen LogP contribution in [0.2, 0.25) is 0 Å². The number of thioether (sulfide) groups is 1. The highest BCUT2D eigenvalue weighted by Crippen LogP contribution is 2.42. The molecule has 2 unspecified atom stereocenters. The second-order valence-corrected chi connectivity index (χ2v) is 7.46. The van der Waals surface area contributed by atoms with Crippen molar-refractivity contribution < 1.29 is 18.0 Å². The van der Waals surface area contributed by atoms with E-state index in [0.717, 1.165) is 37.4 Å². The quantitative estimate of drug-likeness (QED) is 0.787. The van der Waals surface area contributed by atoms with Crippen LogP contribution in [0, 0.1) is 0 Å². The molecular weight excluding hydrogens is 289 g/mol. The van der Waals surface area contributed by atoms with E-state index in [1.807, 2.05) is 0 Å². The Bertz CT molecular complexity index is 356. The summed E-state index contributed by atoms with van der Waals surface area (Å²) < 4.78 is 36.2. The second-order valence-electron chi connectivity index (χ2n) is 5.85. The molecule has 2 rings (SSSR count). The third-order valence-corrected chi connectivity index (χ3v) is 5.24.